The van der Waals surface area contributed by atoms with E-state index in [0.717, 1.165) is 11.6 Å². The number of methoxy groups -OCH3 is 1. The van der Waals surface area contributed by atoms with Crippen LogP contribution >= 0.6 is 0 Å². The number of hydrogen-bond acceptors (Lipinski definition) is 3. The normalized spacial score (nSPS) is 11.0. The smallest absolute Gasteiger partial charge is 0.338 e. The van der Waals surface area contributed by atoms with Gasteiger partial charge in [-0.3, -0.25) is 4.79 Å². The minimum atomic E-state index is -0.677. The maximum absolute atomic E-state index is 11.5. The third-order valence-electron chi connectivity index (χ3n) is 2.13. The zero-order valence-electron chi connectivity index (χ0n) is 9.19. The highest BCUT2D eigenvalue weighted by Gasteiger charge is 2.14. The van der Waals surface area contributed by atoms with Crippen molar-refractivity contribution in [1.82, 2.24) is 0 Å². The summed E-state index contributed by atoms with van der Waals surface area (Å²) in [5.74, 6) is -1.25. The number of aryl methyl sites for hydroxylation is 1. The van der Waals surface area contributed by atoms with Gasteiger partial charge in [0.05, 0.1) is 12.7 Å². The maximum Gasteiger partial charge on any atom is 0.338 e. The molecule has 1 aromatic carbocycles. The Labute approximate surface area is 93.7 Å². The summed E-state index contributed by atoms with van der Waals surface area (Å²) < 4.78 is 4.61. The van der Waals surface area contributed by atoms with Gasteiger partial charge in [-0.15, -0.1) is 0 Å². The molecule has 84 valence electrons. The molecule has 4 heteroatoms. The Bertz CT molecular complexity index is 449. The van der Waals surface area contributed by atoms with Crippen molar-refractivity contribution in [1.29, 1.82) is 0 Å². The van der Waals surface area contributed by atoms with Crippen LogP contribution in [0, 0.1) is 6.92 Å². The van der Waals surface area contributed by atoms with Crippen molar-refractivity contribution in [2.75, 3.05) is 7.11 Å². The number of ether oxygens (including phenoxy) is 1. The van der Waals surface area contributed by atoms with Gasteiger partial charge in [0, 0.05) is 6.08 Å². The van der Waals surface area contributed by atoms with Crippen molar-refractivity contribution < 1.29 is 14.3 Å². The van der Waals surface area contributed by atoms with Crippen LogP contribution in [0.2, 0.25) is 0 Å². The second kappa shape index (κ2) is 5.11. The molecule has 0 aliphatic carbocycles. The Morgan fingerprint density at radius 2 is 1.94 bits per heavy atom. The Morgan fingerprint density at radius 3 is 2.44 bits per heavy atom. The monoisotopic (exact) mass is 219 g/mol. The molecule has 16 heavy (non-hydrogen) atoms. The first kappa shape index (κ1) is 12.0. The fraction of sp³-hybridized carbons (Fsp3) is 0.167. The first-order valence-corrected chi connectivity index (χ1v) is 4.71. The first-order valence-electron chi connectivity index (χ1n) is 4.71. The Hall–Kier alpha value is -2.10. The number of primary amides is 1. The third-order valence-corrected chi connectivity index (χ3v) is 2.13. The van der Waals surface area contributed by atoms with E-state index in [1.165, 1.54) is 7.11 Å². The van der Waals surface area contributed by atoms with Gasteiger partial charge >= 0.3 is 5.97 Å². The van der Waals surface area contributed by atoms with Crippen LogP contribution in [0.3, 0.4) is 0 Å². The molecular formula is C12H13NO3. The summed E-state index contributed by atoms with van der Waals surface area (Å²) in [6, 6.07) is 7.20. The molecule has 0 fully saturated rings. The molecule has 0 aromatic heterocycles. The van der Waals surface area contributed by atoms with E-state index in [-0.39, 0.29) is 5.57 Å². The molecule has 0 aliphatic heterocycles. The summed E-state index contributed by atoms with van der Waals surface area (Å²) in [5.41, 5.74) is 6.75. The van der Waals surface area contributed by atoms with Crippen LogP contribution in [-0.2, 0) is 14.3 Å². The molecule has 0 saturated heterocycles. The van der Waals surface area contributed by atoms with E-state index < -0.39 is 11.9 Å². The minimum absolute atomic E-state index is 0.174. The van der Waals surface area contributed by atoms with Crippen LogP contribution < -0.4 is 5.73 Å². The fourth-order valence-corrected chi connectivity index (χ4v) is 1.37. The number of carbonyl (C=O) groups excluding carboxylic acids is 2. The number of nitrogens with two attached hydrogens (primary N) is 1. The quantitative estimate of drug-likeness (QED) is 0.610. The Morgan fingerprint density at radius 1 is 1.31 bits per heavy atom. The number of amides is 1. The number of rotatable bonds is 3. The van der Waals surface area contributed by atoms with E-state index >= 15 is 0 Å². The highest BCUT2D eigenvalue weighted by Crippen LogP contribution is 2.19. The minimum Gasteiger partial charge on any atom is -0.465 e. The lowest BCUT2D eigenvalue weighted by Gasteiger charge is -2.07. The first-order chi connectivity index (χ1) is 7.56. The van der Waals surface area contributed by atoms with E-state index in [9.17, 15) is 9.59 Å². The predicted molar refractivity (Wildman–Crippen MR) is 60.4 cm³/mol. The molecule has 0 atom stereocenters. The third kappa shape index (κ3) is 2.70. The van der Waals surface area contributed by atoms with E-state index in [4.69, 9.17) is 5.73 Å². The van der Waals surface area contributed by atoms with Gasteiger partial charge in [0.1, 0.15) is 0 Å². The predicted octanol–water partition coefficient (Wildman–Crippen LogP) is 1.04. The molecule has 0 saturated carbocycles. The molecule has 2 N–H and O–H groups in total. The van der Waals surface area contributed by atoms with Crippen LogP contribution in [0.4, 0.5) is 0 Å². The van der Waals surface area contributed by atoms with Crippen LogP contribution in [0.25, 0.3) is 5.57 Å². The van der Waals surface area contributed by atoms with Crippen molar-refractivity contribution in [2.24, 2.45) is 5.73 Å². The molecule has 1 rings (SSSR count). The zero-order chi connectivity index (χ0) is 12.1. The van der Waals surface area contributed by atoms with Crippen molar-refractivity contribution in [3.05, 3.63) is 41.5 Å². The van der Waals surface area contributed by atoms with Crippen LogP contribution in [-0.4, -0.2) is 19.0 Å². The van der Waals surface area contributed by atoms with Gasteiger partial charge in [-0.1, -0.05) is 24.3 Å². The molecule has 0 heterocycles. The lowest BCUT2D eigenvalue weighted by molar-refractivity contribution is -0.133. The van der Waals surface area contributed by atoms with E-state index in [0.29, 0.717) is 5.56 Å². The van der Waals surface area contributed by atoms with Gasteiger partial charge < -0.3 is 10.5 Å². The molecule has 1 amide bonds. The average molecular weight is 219 g/mol. The Kier molecular flexibility index (Phi) is 3.83. The van der Waals surface area contributed by atoms with E-state index in [1.54, 1.807) is 12.1 Å². The summed E-state index contributed by atoms with van der Waals surface area (Å²) in [6.45, 7) is 1.84. The molecule has 0 spiro atoms. The van der Waals surface area contributed by atoms with Gasteiger partial charge in [-0.25, -0.2) is 4.79 Å². The molecule has 4 nitrogen and oxygen atoms in total. The van der Waals surface area contributed by atoms with Gasteiger partial charge in [-0.2, -0.15) is 0 Å². The lowest BCUT2D eigenvalue weighted by atomic mass is 10.0. The number of benzene rings is 1. The average Bonchev–Trinajstić information content (AvgIpc) is 2.26. The molecule has 0 bridgehead atoms. The molecule has 0 radical (unpaired) electrons. The van der Waals surface area contributed by atoms with Crippen LogP contribution in [0.1, 0.15) is 11.1 Å². The molecular weight excluding hydrogens is 206 g/mol. The standard InChI is InChI=1S/C12H13NO3/c1-8-5-3-4-6-9(8)10(7-11(13)14)12(15)16-2/h3-7H,1-2H3,(H2,13,14). The molecule has 0 aliphatic rings. The number of esters is 1. The van der Waals surface area contributed by atoms with E-state index in [2.05, 4.69) is 4.74 Å². The van der Waals surface area contributed by atoms with Crippen molar-refractivity contribution in [3.8, 4) is 0 Å². The van der Waals surface area contributed by atoms with E-state index in [1.807, 2.05) is 19.1 Å². The fourth-order valence-electron chi connectivity index (χ4n) is 1.37. The molecule has 1 aromatic rings. The maximum atomic E-state index is 11.5. The number of carbonyl (C=O) groups is 2. The topological polar surface area (TPSA) is 69.4 Å². The summed E-state index contributed by atoms with van der Waals surface area (Å²) in [6.07, 6.45) is 1.08. The van der Waals surface area contributed by atoms with Gasteiger partial charge in [0.2, 0.25) is 5.91 Å². The van der Waals surface area contributed by atoms with Crippen molar-refractivity contribution in [2.45, 2.75) is 6.92 Å². The lowest BCUT2D eigenvalue weighted by Crippen LogP contribution is -2.12. The van der Waals surface area contributed by atoms with Gasteiger partial charge in [-0.05, 0) is 18.1 Å². The summed E-state index contributed by atoms with van der Waals surface area (Å²) in [5, 5.41) is 0. The van der Waals surface area contributed by atoms with Crippen LogP contribution in [0.15, 0.2) is 30.3 Å². The SMILES string of the molecule is COC(=O)C(=CC(N)=O)c1ccccc1C. The van der Waals surface area contributed by atoms with Gasteiger partial charge in [0.25, 0.3) is 0 Å². The van der Waals surface area contributed by atoms with Crippen molar-refractivity contribution in [3.63, 3.8) is 0 Å². The largest absolute Gasteiger partial charge is 0.465 e. The summed E-state index contributed by atoms with van der Waals surface area (Å²) >= 11 is 0. The van der Waals surface area contributed by atoms with Crippen molar-refractivity contribution >= 4 is 17.4 Å². The second-order valence-corrected chi connectivity index (χ2v) is 3.27. The highest BCUT2D eigenvalue weighted by atomic mass is 16.5. The second-order valence-electron chi connectivity index (χ2n) is 3.27. The number of hydrogen-bond donors (Lipinski definition) is 1. The Balaban J connectivity index is 3.28. The summed E-state index contributed by atoms with van der Waals surface area (Å²) in [4.78, 5) is 22.4. The van der Waals surface area contributed by atoms with Crippen LogP contribution in [0.5, 0.6) is 0 Å². The van der Waals surface area contributed by atoms with Gasteiger partial charge in [0.15, 0.2) is 0 Å². The highest BCUT2D eigenvalue weighted by molar-refractivity contribution is 6.21. The molecule has 0 unspecified atom stereocenters. The summed E-state index contributed by atoms with van der Waals surface area (Å²) in [7, 11) is 1.26. The zero-order valence-corrected chi connectivity index (χ0v) is 9.19.